The lowest BCUT2D eigenvalue weighted by Crippen LogP contribution is -2.25. The van der Waals surface area contributed by atoms with Crippen molar-refractivity contribution in [2.24, 2.45) is 0 Å². The monoisotopic (exact) mass is 176 g/mol. The molecule has 0 fully saturated rings. The fraction of sp³-hybridized carbons (Fsp3) is 0.500. The molecule has 0 saturated heterocycles. The Balaban J connectivity index is 2.47. The fourth-order valence-corrected chi connectivity index (χ4v) is 2.06. The zero-order chi connectivity index (χ0) is 9.42. The summed E-state index contributed by atoms with van der Waals surface area (Å²) in [6, 6.07) is 8.58. The molecule has 1 aromatic rings. The van der Waals surface area contributed by atoms with E-state index in [1.807, 2.05) is 0 Å². The van der Waals surface area contributed by atoms with Crippen molar-refractivity contribution in [3.63, 3.8) is 0 Å². The molecule has 0 unspecified atom stereocenters. The van der Waals surface area contributed by atoms with Crippen LogP contribution in [0.3, 0.4) is 0 Å². The highest BCUT2D eigenvalue weighted by Gasteiger charge is 2.27. The normalized spacial score (nSPS) is 32.7. The first kappa shape index (κ1) is 8.76. The van der Waals surface area contributed by atoms with E-state index in [0.29, 0.717) is 12.0 Å². The van der Waals surface area contributed by atoms with E-state index in [0.717, 1.165) is 0 Å². The van der Waals surface area contributed by atoms with Gasteiger partial charge in [0.15, 0.2) is 0 Å². The van der Waals surface area contributed by atoms with Crippen molar-refractivity contribution in [3.05, 3.63) is 35.4 Å². The van der Waals surface area contributed by atoms with Crippen LogP contribution in [0.5, 0.6) is 0 Å². The summed E-state index contributed by atoms with van der Waals surface area (Å²) < 4.78 is 5.82. The summed E-state index contributed by atoms with van der Waals surface area (Å²) in [5.74, 6) is 0.521. The molecular formula is C12H16O. The minimum atomic E-state index is 0.252. The molecule has 0 amide bonds. The second-order valence-corrected chi connectivity index (χ2v) is 3.90. The highest BCUT2D eigenvalue weighted by molar-refractivity contribution is 5.34. The standard InChI is InChI=1S/C12H16O/c1-8-9(2)13-10(3)12-7-5-4-6-11(8)12/h4-10H,1-3H3/t8-,9-,10+/m0/s1. The van der Waals surface area contributed by atoms with Crippen molar-refractivity contribution in [1.82, 2.24) is 0 Å². The molecule has 13 heavy (non-hydrogen) atoms. The lowest BCUT2D eigenvalue weighted by Gasteiger charge is -2.33. The average Bonchev–Trinajstić information content (AvgIpc) is 2.15. The van der Waals surface area contributed by atoms with E-state index in [1.54, 1.807) is 0 Å². The number of fused-ring (bicyclic) bond motifs is 1. The maximum absolute atomic E-state index is 5.82. The summed E-state index contributed by atoms with van der Waals surface area (Å²) in [6.45, 7) is 6.51. The minimum Gasteiger partial charge on any atom is -0.370 e. The second kappa shape index (κ2) is 3.15. The summed E-state index contributed by atoms with van der Waals surface area (Å²) >= 11 is 0. The summed E-state index contributed by atoms with van der Waals surface area (Å²) in [6.07, 6.45) is 0.590. The number of rotatable bonds is 0. The Morgan fingerprint density at radius 1 is 1.00 bits per heavy atom. The Hall–Kier alpha value is -0.820. The topological polar surface area (TPSA) is 9.23 Å². The highest BCUT2D eigenvalue weighted by Crippen LogP contribution is 2.36. The van der Waals surface area contributed by atoms with Crippen molar-refractivity contribution in [2.45, 2.75) is 38.9 Å². The van der Waals surface area contributed by atoms with Gasteiger partial charge in [-0.1, -0.05) is 31.2 Å². The van der Waals surface area contributed by atoms with Crippen LogP contribution >= 0.6 is 0 Å². The van der Waals surface area contributed by atoms with Crippen LogP contribution < -0.4 is 0 Å². The van der Waals surface area contributed by atoms with E-state index in [2.05, 4.69) is 45.0 Å². The molecule has 0 spiro atoms. The molecule has 1 aliphatic rings. The van der Waals surface area contributed by atoms with Gasteiger partial charge in [-0.3, -0.25) is 0 Å². The van der Waals surface area contributed by atoms with Crippen LogP contribution in [0.25, 0.3) is 0 Å². The van der Waals surface area contributed by atoms with E-state index in [9.17, 15) is 0 Å². The van der Waals surface area contributed by atoms with Crippen molar-refractivity contribution in [2.75, 3.05) is 0 Å². The van der Waals surface area contributed by atoms with E-state index in [1.165, 1.54) is 11.1 Å². The molecule has 0 radical (unpaired) electrons. The lowest BCUT2D eigenvalue weighted by atomic mass is 9.87. The molecule has 0 saturated carbocycles. The first-order valence-electron chi connectivity index (χ1n) is 4.94. The van der Waals surface area contributed by atoms with Crippen molar-refractivity contribution in [3.8, 4) is 0 Å². The zero-order valence-electron chi connectivity index (χ0n) is 8.45. The predicted octanol–water partition coefficient (Wildman–Crippen LogP) is 3.27. The molecule has 0 aliphatic carbocycles. The van der Waals surface area contributed by atoms with Gasteiger partial charge in [0.25, 0.3) is 0 Å². The number of ether oxygens (including phenoxy) is 1. The van der Waals surface area contributed by atoms with Crippen LogP contribution in [0.4, 0.5) is 0 Å². The van der Waals surface area contributed by atoms with Crippen molar-refractivity contribution >= 4 is 0 Å². The Kier molecular flexibility index (Phi) is 2.12. The largest absolute Gasteiger partial charge is 0.370 e. The van der Waals surface area contributed by atoms with Gasteiger partial charge in [0.05, 0.1) is 12.2 Å². The van der Waals surface area contributed by atoms with E-state index in [4.69, 9.17) is 4.74 Å². The van der Waals surface area contributed by atoms with Crippen molar-refractivity contribution < 1.29 is 4.74 Å². The first-order chi connectivity index (χ1) is 6.20. The van der Waals surface area contributed by atoms with E-state index < -0.39 is 0 Å². The Bertz CT molecular complexity index is 306. The summed E-state index contributed by atoms with van der Waals surface area (Å²) in [4.78, 5) is 0. The van der Waals surface area contributed by atoms with Gasteiger partial charge >= 0.3 is 0 Å². The van der Waals surface area contributed by atoms with Gasteiger partial charge in [-0.15, -0.1) is 0 Å². The zero-order valence-corrected chi connectivity index (χ0v) is 8.45. The van der Waals surface area contributed by atoms with Gasteiger partial charge in [-0.2, -0.15) is 0 Å². The number of hydrogen-bond donors (Lipinski definition) is 0. The summed E-state index contributed by atoms with van der Waals surface area (Å²) in [7, 11) is 0. The lowest BCUT2D eigenvalue weighted by molar-refractivity contribution is -0.0189. The maximum atomic E-state index is 5.82. The molecule has 1 aliphatic heterocycles. The van der Waals surface area contributed by atoms with Crippen LogP contribution in [0.2, 0.25) is 0 Å². The SMILES string of the molecule is C[C@@H]1O[C@H](C)c2ccccc2[C@H]1C. The van der Waals surface area contributed by atoms with Gasteiger partial charge < -0.3 is 4.74 Å². The number of benzene rings is 1. The van der Waals surface area contributed by atoms with Crippen LogP contribution in [0.1, 0.15) is 43.9 Å². The van der Waals surface area contributed by atoms with Crippen LogP contribution in [-0.2, 0) is 4.74 Å². The molecule has 0 bridgehead atoms. The molecule has 2 rings (SSSR count). The van der Waals surface area contributed by atoms with E-state index in [-0.39, 0.29) is 6.10 Å². The summed E-state index contributed by atoms with van der Waals surface area (Å²) in [5.41, 5.74) is 2.81. The third-order valence-corrected chi connectivity index (χ3v) is 3.05. The van der Waals surface area contributed by atoms with E-state index >= 15 is 0 Å². The Morgan fingerprint density at radius 2 is 1.62 bits per heavy atom. The molecule has 0 N–H and O–H groups in total. The fourth-order valence-electron chi connectivity index (χ4n) is 2.06. The molecular weight excluding hydrogens is 160 g/mol. The second-order valence-electron chi connectivity index (χ2n) is 3.90. The van der Waals surface area contributed by atoms with Crippen molar-refractivity contribution in [1.29, 1.82) is 0 Å². The van der Waals surface area contributed by atoms with Gasteiger partial charge in [0.1, 0.15) is 0 Å². The van der Waals surface area contributed by atoms with Gasteiger partial charge in [-0.05, 0) is 25.0 Å². The third-order valence-electron chi connectivity index (χ3n) is 3.05. The van der Waals surface area contributed by atoms with Gasteiger partial charge in [0.2, 0.25) is 0 Å². The summed E-state index contributed by atoms with van der Waals surface area (Å²) in [5, 5.41) is 0. The molecule has 0 aromatic heterocycles. The minimum absolute atomic E-state index is 0.252. The predicted molar refractivity (Wildman–Crippen MR) is 53.8 cm³/mol. The molecule has 70 valence electrons. The maximum Gasteiger partial charge on any atom is 0.0803 e. The molecule has 3 atom stereocenters. The third kappa shape index (κ3) is 1.37. The molecule has 1 aromatic carbocycles. The van der Waals surface area contributed by atoms with Gasteiger partial charge in [-0.25, -0.2) is 0 Å². The van der Waals surface area contributed by atoms with Gasteiger partial charge in [0, 0.05) is 5.92 Å². The molecule has 1 heteroatoms. The molecule has 1 heterocycles. The quantitative estimate of drug-likeness (QED) is 0.589. The van der Waals surface area contributed by atoms with Crippen LogP contribution in [0, 0.1) is 0 Å². The first-order valence-corrected chi connectivity index (χ1v) is 4.94. The Morgan fingerprint density at radius 3 is 2.31 bits per heavy atom. The number of hydrogen-bond acceptors (Lipinski definition) is 1. The van der Waals surface area contributed by atoms with Crippen LogP contribution in [-0.4, -0.2) is 6.10 Å². The molecule has 1 nitrogen and oxygen atoms in total. The Labute approximate surface area is 79.7 Å². The smallest absolute Gasteiger partial charge is 0.0803 e. The highest BCUT2D eigenvalue weighted by atomic mass is 16.5. The average molecular weight is 176 g/mol. The van der Waals surface area contributed by atoms with Crippen LogP contribution in [0.15, 0.2) is 24.3 Å².